The summed E-state index contributed by atoms with van der Waals surface area (Å²) in [4.78, 5) is 4.22. The van der Waals surface area contributed by atoms with E-state index in [0.717, 1.165) is 5.82 Å². The summed E-state index contributed by atoms with van der Waals surface area (Å²) in [6.07, 6.45) is 7.01. The molecule has 2 rings (SSSR count). The van der Waals surface area contributed by atoms with Gasteiger partial charge in [-0.3, -0.25) is 0 Å². The predicted molar refractivity (Wildman–Crippen MR) is 73.4 cm³/mol. The van der Waals surface area contributed by atoms with E-state index < -0.39 is 0 Å². The molecule has 1 aliphatic carbocycles. The van der Waals surface area contributed by atoms with Crippen LogP contribution >= 0.6 is 0 Å². The Kier molecular flexibility index (Phi) is 3.55. The van der Waals surface area contributed by atoms with Gasteiger partial charge >= 0.3 is 0 Å². The van der Waals surface area contributed by atoms with Gasteiger partial charge in [0.05, 0.1) is 0 Å². The summed E-state index contributed by atoms with van der Waals surface area (Å²) in [6.45, 7) is 4.74. The van der Waals surface area contributed by atoms with Gasteiger partial charge in [-0.15, -0.1) is 0 Å². The van der Waals surface area contributed by atoms with Gasteiger partial charge in [-0.05, 0) is 37.2 Å². The van der Waals surface area contributed by atoms with Crippen LogP contribution in [0.15, 0.2) is 18.3 Å². The Balaban J connectivity index is 1.93. The molecule has 0 saturated heterocycles. The lowest BCUT2D eigenvalue weighted by atomic mass is 9.75. The number of hydrogen-bond donors (Lipinski definition) is 2. The SMILES string of the molecule is CNc1cc(NC2CCC(C)(C)CC2)ccn1. The van der Waals surface area contributed by atoms with Crippen molar-refractivity contribution in [2.75, 3.05) is 17.7 Å². The fourth-order valence-corrected chi connectivity index (χ4v) is 2.44. The number of aromatic nitrogens is 1. The molecule has 1 heterocycles. The molecule has 0 radical (unpaired) electrons. The van der Waals surface area contributed by atoms with Gasteiger partial charge in [0.25, 0.3) is 0 Å². The Hall–Kier alpha value is -1.25. The zero-order valence-corrected chi connectivity index (χ0v) is 11.1. The van der Waals surface area contributed by atoms with E-state index in [-0.39, 0.29) is 0 Å². The van der Waals surface area contributed by atoms with E-state index in [1.54, 1.807) is 0 Å². The molecule has 0 aromatic carbocycles. The summed E-state index contributed by atoms with van der Waals surface area (Å²) >= 11 is 0. The van der Waals surface area contributed by atoms with Gasteiger partial charge in [-0.2, -0.15) is 0 Å². The second-order valence-electron chi connectivity index (χ2n) is 5.76. The molecule has 3 heteroatoms. The standard InChI is InChI=1S/C14H23N3/c1-14(2)7-4-11(5-8-14)17-12-6-9-16-13(10-12)15-3/h6,9-11H,4-5,7-8H2,1-3H3,(H2,15,16,17). The lowest BCUT2D eigenvalue weighted by Gasteiger charge is -2.35. The summed E-state index contributed by atoms with van der Waals surface area (Å²) in [5.41, 5.74) is 1.71. The fraction of sp³-hybridized carbons (Fsp3) is 0.643. The Labute approximate surface area is 104 Å². The zero-order chi connectivity index (χ0) is 12.3. The molecule has 94 valence electrons. The van der Waals surface area contributed by atoms with E-state index in [1.165, 1.54) is 31.4 Å². The molecular weight excluding hydrogens is 210 g/mol. The highest BCUT2D eigenvalue weighted by molar-refractivity contribution is 5.52. The second-order valence-corrected chi connectivity index (χ2v) is 5.76. The Morgan fingerprint density at radius 1 is 1.29 bits per heavy atom. The highest BCUT2D eigenvalue weighted by Gasteiger charge is 2.26. The third kappa shape index (κ3) is 3.35. The van der Waals surface area contributed by atoms with Crippen LogP contribution in [-0.2, 0) is 0 Å². The van der Waals surface area contributed by atoms with Crippen molar-refractivity contribution in [3.8, 4) is 0 Å². The van der Waals surface area contributed by atoms with E-state index in [2.05, 4.69) is 35.5 Å². The summed E-state index contributed by atoms with van der Waals surface area (Å²) in [5.74, 6) is 0.922. The molecule has 1 aliphatic rings. The van der Waals surface area contributed by atoms with Gasteiger partial charge in [0, 0.05) is 31.0 Å². The number of pyridine rings is 1. The van der Waals surface area contributed by atoms with Crippen molar-refractivity contribution < 1.29 is 0 Å². The third-order valence-corrected chi connectivity index (χ3v) is 3.73. The Bertz CT molecular complexity index is 363. The normalized spacial score (nSPS) is 19.9. The summed E-state index contributed by atoms with van der Waals surface area (Å²) < 4.78 is 0. The minimum atomic E-state index is 0.534. The maximum atomic E-state index is 4.22. The monoisotopic (exact) mass is 233 g/mol. The first kappa shape index (κ1) is 12.2. The number of anilines is 2. The van der Waals surface area contributed by atoms with E-state index in [1.807, 2.05) is 19.3 Å². The number of hydrogen-bond acceptors (Lipinski definition) is 3. The van der Waals surface area contributed by atoms with Gasteiger partial charge < -0.3 is 10.6 Å². The molecule has 0 unspecified atom stereocenters. The molecule has 1 saturated carbocycles. The Morgan fingerprint density at radius 3 is 2.65 bits per heavy atom. The van der Waals surface area contributed by atoms with Crippen LogP contribution in [0.25, 0.3) is 0 Å². The molecule has 0 bridgehead atoms. The van der Waals surface area contributed by atoms with Crippen molar-refractivity contribution in [2.24, 2.45) is 5.41 Å². The lowest BCUT2D eigenvalue weighted by molar-refractivity contribution is 0.232. The molecule has 0 aliphatic heterocycles. The maximum absolute atomic E-state index is 4.22. The molecule has 17 heavy (non-hydrogen) atoms. The molecular formula is C14H23N3. The van der Waals surface area contributed by atoms with Crippen molar-refractivity contribution in [2.45, 2.75) is 45.6 Å². The molecule has 2 N–H and O–H groups in total. The molecule has 0 amide bonds. The van der Waals surface area contributed by atoms with Crippen LogP contribution < -0.4 is 10.6 Å². The highest BCUT2D eigenvalue weighted by Crippen LogP contribution is 2.36. The summed E-state index contributed by atoms with van der Waals surface area (Å²) in [7, 11) is 1.90. The number of rotatable bonds is 3. The van der Waals surface area contributed by atoms with Gasteiger partial charge in [0.15, 0.2) is 0 Å². The van der Waals surface area contributed by atoms with Crippen LogP contribution in [0.3, 0.4) is 0 Å². The summed E-state index contributed by atoms with van der Waals surface area (Å²) in [5, 5.41) is 6.68. The molecule has 0 atom stereocenters. The van der Waals surface area contributed by atoms with Gasteiger partial charge in [-0.1, -0.05) is 13.8 Å². The fourth-order valence-electron chi connectivity index (χ4n) is 2.44. The average molecular weight is 233 g/mol. The second kappa shape index (κ2) is 4.94. The topological polar surface area (TPSA) is 37.0 Å². The van der Waals surface area contributed by atoms with Crippen LogP contribution in [0.2, 0.25) is 0 Å². The van der Waals surface area contributed by atoms with Gasteiger partial charge in [0.1, 0.15) is 5.82 Å². The van der Waals surface area contributed by atoms with Crippen molar-refractivity contribution in [1.82, 2.24) is 4.98 Å². The quantitative estimate of drug-likeness (QED) is 0.839. The first-order valence-corrected chi connectivity index (χ1v) is 6.49. The first-order chi connectivity index (χ1) is 8.09. The van der Waals surface area contributed by atoms with Crippen LogP contribution in [0.4, 0.5) is 11.5 Å². The van der Waals surface area contributed by atoms with E-state index >= 15 is 0 Å². The van der Waals surface area contributed by atoms with E-state index in [0.29, 0.717) is 11.5 Å². The minimum Gasteiger partial charge on any atom is -0.382 e. The first-order valence-electron chi connectivity index (χ1n) is 6.49. The molecule has 1 fully saturated rings. The van der Waals surface area contributed by atoms with Crippen molar-refractivity contribution in [1.29, 1.82) is 0 Å². The van der Waals surface area contributed by atoms with Crippen molar-refractivity contribution in [3.05, 3.63) is 18.3 Å². The largest absolute Gasteiger partial charge is 0.382 e. The Morgan fingerprint density at radius 2 is 2.00 bits per heavy atom. The van der Waals surface area contributed by atoms with Gasteiger partial charge in [-0.25, -0.2) is 4.98 Å². The molecule has 1 aromatic heterocycles. The van der Waals surface area contributed by atoms with Crippen molar-refractivity contribution >= 4 is 11.5 Å². The summed E-state index contributed by atoms with van der Waals surface area (Å²) in [6, 6.07) is 4.73. The van der Waals surface area contributed by atoms with E-state index in [9.17, 15) is 0 Å². The maximum Gasteiger partial charge on any atom is 0.127 e. The van der Waals surface area contributed by atoms with E-state index in [4.69, 9.17) is 0 Å². The predicted octanol–water partition coefficient (Wildman–Crippen LogP) is 3.50. The molecule has 3 nitrogen and oxygen atoms in total. The van der Waals surface area contributed by atoms with Crippen LogP contribution in [0, 0.1) is 5.41 Å². The third-order valence-electron chi connectivity index (χ3n) is 3.73. The number of nitrogens with zero attached hydrogens (tertiary/aromatic N) is 1. The zero-order valence-electron chi connectivity index (χ0n) is 11.1. The number of nitrogens with one attached hydrogen (secondary N) is 2. The van der Waals surface area contributed by atoms with Crippen LogP contribution in [0.5, 0.6) is 0 Å². The van der Waals surface area contributed by atoms with Crippen LogP contribution in [0.1, 0.15) is 39.5 Å². The molecule has 1 aromatic rings. The molecule has 0 spiro atoms. The van der Waals surface area contributed by atoms with Crippen LogP contribution in [-0.4, -0.2) is 18.1 Å². The van der Waals surface area contributed by atoms with Crippen molar-refractivity contribution in [3.63, 3.8) is 0 Å². The lowest BCUT2D eigenvalue weighted by Crippen LogP contribution is -2.29. The smallest absolute Gasteiger partial charge is 0.127 e. The van der Waals surface area contributed by atoms with Gasteiger partial charge in [0.2, 0.25) is 0 Å². The highest BCUT2D eigenvalue weighted by atomic mass is 15.0. The average Bonchev–Trinajstić information content (AvgIpc) is 2.32. The minimum absolute atomic E-state index is 0.534.